The Balaban J connectivity index is 2.52. The van der Waals surface area contributed by atoms with Crippen LogP contribution < -0.4 is 5.32 Å². The fourth-order valence-corrected chi connectivity index (χ4v) is 1.89. The minimum Gasteiger partial charge on any atom is -0.444 e. The van der Waals surface area contributed by atoms with Crippen molar-refractivity contribution in [2.24, 2.45) is 0 Å². The summed E-state index contributed by atoms with van der Waals surface area (Å²) in [5.74, 6) is 0. The molecule has 0 radical (unpaired) electrons. The molecule has 5 heteroatoms. The van der Waals surface area contributed by atoms with Crippen molar-refractivity contribution in [3.8, 4) is 0 Å². The molecule has 1 N–H and O–H groups in total. The third kappa shape index (κ3) is 4.18. The molecule has 0 fully saturated rings. The summed E-state index contributed by atoms with van der Waals surface area (Å²) in [6, 6.07) is -0.117. The molecule has 0 saturated carbocycles. The Morgan fingerprint density at radius 3 is 2.62 bits per heavy atom. The molecule has 1 rings (SSSR count). The van der Waals surface area contributed by atoms with Crippen LogP contribution >= 0.6 is 11.3 Å². The molecule has 1 heterocycles. The zero-order valence-electron chi connectivity index (χ0n) is 10.3. The average Bonchev–Trinajstić information content (AvgIpc) is 2.47. The van der Waals surface area contributed by atoms with Gasteiger partial charge in [0.2, 0.25) is 0 Å². The maximum Gasteiger partial charge on any atom is 0.408 e. The quantitative estimate of drug-likeness (QED) is 0.867. The van der Waals surface area contributed by atoms with Gasteiger partial charge in [-0.2, -0.15) is 0 Å². The molecule has 1 aromatic heterocycles. The number of aromatic nitrogens is 1. The standard InChI is InChI=1S/C11H18N2O2S/c1-7-6-12-9(16-7)8(2)13-10(14)15-11(3,4)5/h6,8H,1-5H3,(H,13,14)/t8-/m1/s1. The van der Waals surface area contributed by atoms with Gasteiger partial charge in [0.05, 0.1) is 6.04 Å². The van der Waals surface area contributed by atoms with Crippen molar-refractivity contribution < 1.29 is 9.53 Å². The summed E-state index contributed by atoms with van der Waals surface area (Å²) in [6.45, 7) is 9.39. The number of thiazole rings is 1. The summed E-state index contributed by atoms with van der Waals surface area (Å²) in [5.41, 5.74) is -0.470. The molecule has 0 aliphatic carbocycles. The van der Waals surface area contributed by atoms with E-state index in [-0.39, 0.29) is 6.04 Å². The van der Waals surface area contributed by atoms with Crippen LogP contribution in [0.25, 0.3) is 0 Å². The first-order chi connectivity index (χ1) is 7.28. The van der Waals surface area contributed by atoms with Crippen molar-refractivity contribution in [1.29, 1.82) is 0 Å². The summed E-state index contributed by atoms with van der Waals surface area (Å²) in [5, 5.41) is 3.64. The topological polar surface area (TPSA) is 51.2 Å². The predicted molar refractivity (Wildman–Crippen MR) is 64.6 cm³/mol. The SMILES string of the molecule is Cc1cnc([C@@H](C)NC(=O)OC(C)(C)C)s1. The number of hydrogen-bond donors (Lipinski definition) is 1. The second kappa shape index (κ2) is 4.82. The summed E-state index contributed by atoms with van der Waals surface area (Å²) < 4.78 is 5.16. The van der Waals surface area contributed by atoms with Crippen LogP contribution in [0.15, 0.2) is 6.20 Å². The molecule has 4 nitrogen and oxygen atoms in total. The van der Waals surface area contributed by atoms with E-state index in [9.17, 15) is 4.79 Å². The van der Waals surface area contributed by atoms with Gasteiger partial charge in [0.25, 0.3) is 0 Å². The van der Waals surface area contributed by atoms with Crippen LogP contribution in [-0.4, -0.2) is 16.7 Å². The van der Waals surface area contributed by atoms with Crippen LogP contribution in [0.4, 0.5) is 4.79 Å². The molecule has 0 aliphatic rings. The molecule has 0 bridgehead atoms. The van der Waals surface area contributed by atoms with E-state index in [0.29, 0.717) is 0 Å². The highest BCUT2D eigenvalue weighted by Gasteiger charge is 2.19. The molecule has 0 aromatic carbocycles. The highest BCUT2D eigenvalue weighted by molar-refractivity contribution is 7.11. The predicted octanol–water partition coefficient (Wildman–Crippen LogP) is 3.04. The Kier molecular flexibility index (Phi) is 3.91. The van der Waals surface area contributed by atoms with Crippen LogP contribution in [0.1, 0.15) is 43.6 Å². The third-order valence-electron chi connectivity index (χ3n) is 1.74. The van der Waals surface area contributed by atoms with E-state index in [4.69, 9.17) is 4.74 Å². The summed E-state index contributed by atoms with van der Waals surface area (Å²) in [4.78, 5) is 16.8. The van der Waals surface area contributed by atoms with Crippen molar-refractivity contribution >= 4 is 17.4 Å². The Hall–Kier alpha value is -1.10. The van der Waals surface area contributed by atoms with Crippen molar-refractivity contribution in [2.75, 3.05) is 0 Å². The monoisotopic (exact) mass is 242 g/mol. The van der Waals surface area contributed by atoms with E-state index in [0.717, 1.165) is 9.88 Å². The number of aryl methyl sites for hydroxylation is 1. The smallest absolute Gasteiger partial charge is 0.408 e. The van der Waals surface area contributed by atoms with Gasteiger partial charge in [-0.05, 0) is 34.6 Å². The molecule has 16 heavy (non-hydrogen) atoms. The normalized spacial score (nSPS) is 13.3. The Labute approximate surface area is 100 Å². The van der Waals surface area contributed by atoms with Crippen molar-refractivity contribution in [3.63, 3.8) is 0 Å². The minimum atomic E-state index is -0.470. The lowest BCUT2D eigenvalue weighted by molar-refractivity contribution is 0.0508. The first-order valence-electron chi connectivity index (χ1n) is 5.20. The number of nitrogens with zero attached hydrogens (tertiary/aromatic N) is 1. The number of rotatable bonds is 2. The van der Waals surface area contributed by atoms with Crippen LogP contribution in [0.3, 0.4) is 0 Å². The Bertz CT molecular complexity index is 368. The van der Waals surface area contributed by atoms with Gasteiger partial charge < -0.3 is 10.1 Å². The van der Waals surface area contributed by atoms with E-state index in [1.54, 1.807) is 17.5 Å². The molecule has 0 unspecified atom stereocenters. The lowest BCUT2D eigenvalue weighted by atomic mass is 10.2. The maximum absolute atomic E-state index is 11.5. The lowest BCUT2D eigenvalue weighted by Crippen LogP contribution is -2.33. The van der Waals surface area contributed by atoms with Crippen LogP contribution in [0.2, 0.25) is 0 Å². The second-order valence-electron chi connectivity index (χ2n) is 4.68. The molecule has 0 spiro atoms. The fraction of sp³-hybridized carbons (Fsp3) is 0.636. The number of ether oxygens (including phenoxy) is 1. The van der Waals surface area contributed by atoms with Crippen LogP contribution in [0.5, 0.6) is 0 Å². The van der Waals surface area contributed by atoms with E-state index in [2.05, 4.69) is 10.3 Å². The van der Waals surface area contributed by atoms with Crippen LogP contribution in [0, 0.1) is 6.92 Å². The zero-order valence-corrected chi connectivity index (χ0v) is 11.1. The number of carbonyl (C=O) groups excluding carboxylic acids is 1. The van der Waals surface area contributed by atoms with Gasteiger partial charge in [-0.25, -0.2) is 9.78 Å². The third-order valence-corrected chi connectivity index (χ3v) is 2.84. The number of alkyl carbamates (subject to hydrolysis) is 1. The van der Waals surface area contributed by atoms with Gasteiger partial charge >= 0.3 is 6.09 Å². The largest absolute Gasteiger partial charge is 0.444 e. The highest BCUT2D eigenvalue weighted by Crippen LogP contribution is 2.19. The Morgan fingerprint density at radius 1 is 1.56 bits per heavy atom. The first kappa shape index (κ1) is 13.0. The molecule has 90 valence electrons. The molecule has 1 amide bonds. The molecule has 1 aromatic rings. The number of nitrogens with one attached hydrogen (secondary N) is 1. The first-order valence-corrected chi connectivity index (χ1v) is 6.01. The molecule has 0 saturated heterocycles. The Morgan fingerprint density at radius 2 is 2.19 bits per heavy atom. The minimum absolute atomic E-state index is 0.117. The number of carbonyl (C=O) groups is 1. The van der Waals surface area contributed by atoms with E-state index in [1.807, 2.05) is 34.6 Å². The second-order valence-corrected chi connectivity index (χ2v) is 5.94. The molecular formula is C11H18N2O2S. The average molecular weight is 242 g/mol. The van der Waals surface area contributed by atoms with E-state index < -0.39 is 11.7 Å². The van der Waals surface area contributed by atoms with Gasteiger partial charge in [0, 0.05) is 11.1 Å². The van der Waals surface area contributed by atoms with Gasteiger partial charge in [0.15, 0.2) is 0 Å². The zero-order chi connectivity index (χ0) is 12.3. The number of hydrogen-bond acceptors (Lipinski definition) is 4. The number of amides is 1. The van der Waals surface area contributed by atoms with Gasteiger partial charge in [-0.1, -0.05) is 0 Å². The fourth-order valence-electron chi connectivity index (χ4n) is 1.12. The van der Waals surface area contributed by atoms with Gasteiger partial charge in [0.1, 0.15) is 10.6 Å². The molecule has 1 atom stereocenters. The van der Waals surface area contributed by atoms with E-state index in [1.165, 1.54) is 0 Å². The highest BCUT2D eigenvalue weighted by atomic mass is 32.1. The van der Waals surface area contributed by atoms with Crippen molar-refractivity contribution in [3.05, 3.63) is 16.1 Å². The van der Waals surface area contributed by atoms with Crippen LogP contribution in [-0.2, 0) is 4.74 Å². The lowest BCUT2D eigenvalue weighted by Gasteiger charge is -2.21. The van der Waals surface area contributed by atoms with Gasteiger partial charge in [-0.3, -0.25) is 0 Å². The van der Waals surface area contributed by atoms with Crippen molar-refractivity contribution in [2.45, 2.75) is 46.3 Å². The maximum atomic E-state index is 11.5. The molecule has 0 aliphatic heterocycles. The molecular weight excluding hydrogens is 224 g/mol. The van der Waals surface area contributed by atoms with Gasteiger partial charge in [-0.15, -0.1) is 11.3 Å². The van der Waals surface area contributed by atoms with E-state index >= 15 is 0 Å². The summed E-state index contributed by atoms with van der Waals surface area (Å²) >= 11 is 1.57. The summed E-state index contributed by atoms with van der Waals surface area (Å²) in [7, 11) is 0. The summed E-state index contributed by atoms with van der Waals surface area (Å²) in [6.07, 6.45) is 1.39. The van der Waals surface area contributed by atoms with Crippen molar-refractivity contribution in [1.82, 2.24) is 10.3 Å².